The predicted octanol–water partition coefficient (Wildman–Crippen LogP) is 0.514. The van der Waals surface area contributed by atoms with E-state index < -0.39 is 0 Å². The first-order chi connectivity index (χ1) is 8.74. The van der Waals surface area contributed by atoms with Crippen molar-refractivity contribution < 1.29 is 14.1 Å². The molecule has 0 unspecified atom stereocenters. The summed E-state index contributed by atoms with van der Waals surface area (Å²) in [4.78, 5) is 25.1. The highest BCUT2D eigenvalue weighted by Gasteiger charge is 2.30. The normalized spacial score (nSPS) is 20.4. The third-order valence-corrected chi connectivity index (χ3v) is 3.28. The molecular weight excluding hydrogens is 234 g/mol. The van der Waals surface area contributed by atoms with E-state index in [2.05, 4.69) is 10.5 Å². The summed E-state index contributed by atoms with van der Waals surface area (Å²) in [7, 11) is 0. The maximum atomic E-state index is 12.2. The van der Waals surface area contributed by atoms with Gasteiger partial charge in [0.05, 0.1) is 6.54 Å². The molecule has 0 radical (unpaired) electrons. The Morgan fingerprint density at radius 1 is 1.50 bits per heavy atom. The molecule has 2 heterocycles. The van der Waals surface area contributed by atoms with Gasteiger partial charge in [-0.15, -0.1) is 0 Å². The van der Waals surface area contributed by atoms with Crippen LogP contribution in [0, 0.1) is 0 Å². The summed E-state index contributed by atoms with van der Waals surface area (Å²) >= 11 is 0. The van der Waals surface area contributed by atoms with Crippen molar-refractivity contribution in [2.45, 2.75) is 25.2 Å². The van der Waals surface area contributed by atoms with Crippen molar-refractivity contribution in [1.82, 2.24) is 15.4 Å². The van der Waals surface area contributed by atoms with Crippen LogP contribution < -0.4 is 5.32 Å². The molecule has 1 aromatic heterocycles. The Morgan fingerprint density at radius 3 is 3.11 bits per heavy atom. The Morgan fingerprint density at radius 2 is 2.33 bits per heavy atom. The van der Waals surface area contributed by atoms with Crippen molar-refractivity contribution in [2.75, 3.05) is 19.6 Å². The van der Waals surface area contributed by atoms with E-state index in [1.807, 2.05) is 0 Å². The van der Waals surface area contributed by atoms with Crippen molar-refractivity contribution in [3.63, 3.8) is 0 Å². The van der Waals surface area contributed by atoms with Crippen LogP contribution in [0.4, 0.5) is 0 Å². The fourth-order valence-corrected chi connectivity index (χ4v) is 2.09. The van der Waals surface area contributed by atoms with E-state index in [0.29, 0.717) is 24.7 Å². The Kier molecular flexibility index (Phi) is 2.77. The lowest BCUT2D eigenvalue weighted by atomic mass is 10.2. The molecule has 6 nitrogen and oxygen atoms in total. The van der Waals surface area contributed by atoms with Gasteiger partial charge in [0, 0.05) is 25.1 Å². The fourth-order valence-electron chi connectivity index (χ4n) is 2.09. The molecule has 3 rings (SSSR count). The largest absolute Gasteiger partial charge is 0.360 e. The van der Waals surface area contributed by atoms with Crippen LogP contribution in [0.25, 0.3) is 0 Å². The summed E-state index contributed by atoms with van der Waals surface area (Å²) in [6.45, 7) is 1.29. The fraction of sp³-hybridized carbons (Fsp3) is 0.583. The first kappa shape index (κ1) is 11.3. The molecule has 18 heavy (non-hydrogen) atoms. The number of carbonyl (C=O) groups excluding carboxylic acids is 2. The smallest absolute Gasteiger partial charge is 0.276 e. The minimum absolute atomic E-state index is 0.102. The number of carbonyl (C=O) groups is 2. The Bertz CT molecular complexity index is 479. The highest BCUT2D eigenvalue weighted by atomic mass is 16.5. The van der Waals surface area contributed by atoms with Crippen LogP contribution >= 0.6 is 0 Å². The van der Waals surface area contributed by atoms with Gasteiger partial charge in [-0.25, -0.2) is 0 Å². The summed E-state index contributed by atoms with van der Waals surface area (Å²) in [5, 5.41) is 6.55. The quantitative estimate of drug-likeness (QED) is 0.828. The SMILES string of the molecule is O=C1CN(C(=O)c2cc(C3CC3)on2)CCCN1. The third-order valence-electron chi connectivity index (χ3n) is 3.28. The van der Waals surface area contributed by atoms with Crippen LogP contribution in [0.3, 0.4) is 0 Å². The average molecular weight is 249 g/mol. The Hall–Kier alpha value is -1.85. The molecule has 6 heteroatoms. The number of hydrogen-bond donors (Lipinski definition) is 1. The minimum Gasteiger partial charge on any atom is -0.360 e. The summed E-state index contributed by atoms with van der Waals surface area (Å²) in [6, 6.07) is 1.71. The monoisotopic (exact) mass is 249 g/mol. The summed E-state index contributed by atoms with van der Waals surface area (Å²) in [6.07, 6.45) is 2.98. The van der Waals surface area contributed by atoms with E-state index in [0.717, 1.165) is 25.0 Å². The first-order valence-electron chi connectivity index (χ1n) is 6.26. The highest BCUT2D eigenvalue weighted by Crippen LogP contribution is 2.40. The van der Waals surface area contributed by atoms with Gasteiger partial charge >= 0.3 is 0 Å². The van der Waals surface area contributed by atoms with E-state index in [1.54, 1.807) is 6.07 Å². The van der Waals surface area contributed by atoms with Gasteiger partial charge in [0.2, 0.25) is 5.91 Å². The minimum atomic E-state index is -0.220. The van der Waals surface area contributed by atoms with Gasteiger partial charge in [0.1, 0.15) is 5.76 Å². The molecule has 1 aliphatic carbocycles. The van der Waals surface area contributed by atoms with Gasteiger partial charge in [0.25, 0.3) is 5.91 Å². The molecule has 0 bridgehead atoms. The molecule has 0 atom stereocenters. The molecule has 1 saturated heterocycles. The van der Waals surface area contributed by atoms with Gasteiger partial charge in [0.15, 0.2) is 5.69 Å². The first-order valence-corrected chi connectivity index (χ1v) is 6.26. The lowest BCUT2D eigenvalue weighted by molar-refractivity contribution is -0.121. The molecule has 2 aliphatic rings. The lowest BCUT2D eigenvalue weighted by Gasteiger charge is -2.16. The van der Waals surface area contributed by atoms with Crippen molar-refractivity contribution in [2.24, 2.45) is 0 Å². The van der Waals surface area contributed by atoms with Crippen LogP contribution in [0.1, 0.15) is 41.4 Å². The van der Waals surface area contributed by atoms with Gasteiger partial charge in [-0.1, -0.05) is 5.16 Å². The van der Waals surface area contributed by atoms with E-state index in [-0.39, 0.29) is 18.4 Å². The Labute approximate surface area is 104 Å². The molecule has 0 spiro atoms. The summed E-state index contributed by atoms with van der Waals surface area (Å²) < 4.78 is 5.16. The van der Waals surface area contributed by atoms with E-state index in [4.69, 9.17) is 4.52 Å². The summed E-state index contributed by atoms with van der Waals surface area (Å²) in [5.74, 6) is 0.888. The molecule has 2 amide bonds. The van der Waals surface area contributed by atoms with Crippen LogP contribution in [0.5, 0.6) is 0 Å². The number of hydrogen-bond acceptors (Lipinski definition) is 4. The van der Waals surface area contributed by atoms with Crippen molar-refractivity contribution >= 4 is 11.8 Å². The van der Waals surface area contributed by atoms with Gasteiger partial charge in [-0.3, -0.25) is 9.59 Å². The van der Waals surface area contributed by atoms with E-state index in [1.165, 1.54) is 4.90 Å². The molecule has 2 fully saturated rings. The van der Waals surface area contributed by atoms with Crippen LogP contribution in [-0.4, -0.2) is 41.5 Å². The molecule has 1 N–H and O–H groups in total. The van der Waals surface area contributed by atoms with Gasteiger partial charge < -0.3 is 14.7 Å². The summed E-state index contributed by atoms with van der Waals surface area (Å²) in [5.41, 5.74) is 0.312. The van der Waals surface area contributed by atoms with Crippen molar-refractivity contribution in [3.05, 3.63) is 17.5 Å². The standard InChI is InChI=1S/C12H15N3O3/c16-11-7-15(5-1-4-13-11)12(17)9-6-10(18-14-9)8-2-3-8/h6,8H,1-5,7H2,(H,13,16). The maximum Gasteiger partial charge on any atom is 0.276 e. The molecule has 96 valence electrons. The van der Waals surface area contributed by atoms with Crippen LogP contribution in [0.15, 0.2) is 10.6 Å². The lowest BCUT2D eigenvalue weighted by Crippen LogP contribution is -2.37. The Balaban J connectivity index is 1.73. The van der Waals surface area contributed by atoms with Gasteiger partial charge in [-0.05, 0) is 19.3 Å². The van der Waals surface area contributed by atoms with Gasteiger partial charge in [-0.2, -0.15) is 0 Å². The second-order valence-corrected chi connectivity index (χ2v) is 4.82. The zero-order valence-corrected chi connectivity index (χ0v) is 10.0. The number of rotatable bonds is 2. The van der Waals surface area contributed by atoms with Crippen molar-refractivity contribution in [1.29, 1.82) is 0 Å². The van der Waals surface area contributed by atoms with E-state index in [9.17, 15) is 9.59 Å². The number of aromatic nitrogens is 1. The zero-order valence-electron chi connectivity index (χ0n) is 10.0. The molecule has 1 aliphatic heterocycles. The molecule has 1 aromatic rings. The number of amides is 2. The second-order valence-electron chi connectivity index (χ2n) is 4.82. The molecule has 0 aromatic carbocycles. The number of nitrogens with zero attached hydrogens (tertiary/aromatic N) is 2. The second kappa shape index (κ2) is 4.44. The van der Waals surface area contributed by atoms with Crippen LogP contribution in [0.2, 0.25) is 0 Å². The van der Waals surface area contributed by atoms with Crippen molar-refractivity contribution in [3.8, 4) is 0 Å². The molecular formula is C12H15N3O3. The zero-order chi connectivity index (χ0) is 12.5. The average Bonchev–Trinajstić information content (AvgIpc) is 3.13. The van der Waals surface area contributed by atoms with E-state index >= 15 is 0 Å². The third kappa shape index (κ3) is 2.23. The molecule has 1 saturated carbocycles. The topological polar surface area (TPSA) is 75.4 Å². The van der Waals surface area contributed by atoms with Crippen LogP contribution in [-0.2, 0) is 4.79 Å². The number of nitrogens with one attached hydrogen (secondary N) is 1. The maximum absolute atomic E-state index is 12.2. The highest BCUT2D eigenvalue weighted by molar-refractivity contribution is 5.95. The predicted molar refractivity (Wildman–Crippen MR) is 62.0 cm³/mol.